The van der Waals surface area contributed by atoms with Gasteiger partial charge in [0.05, 0.1) is 18.3 Å². The number of benzene rings is 2. The molecule has 3 N–H and O–H groups in total. The fourth-order valence-electron chi connectivity index (χ4n) is 3.22. The van der Waals surface area contributed by atoms with Crippen molar-refractivity contribution in [1.29, 1.82) is 0 Å². The number of hydrogen-bond donors (Lipinski definition) is 3. The van der Waals surface area contributed by atoms with Gasteiger partial charge in [0.25, 0.3) is 0 Å². The maximum absolute atomic E-state index is 12.6. The van der Waals surface area contributed by atoms with Crippen LogP contribution in [0, 0.1) is 0 Å². The Bertz CT molecular complexity index is 682. The first kappa shape index (κ1) is 16.3. The number of anilines is 1. The number of para-hydroxylation sites is 2. The zero-order chi connectivity index (χ0) is 16.8. The summed E-state index contributed by atoms with van der Waals surface area (Å²) in [5.74, 6) is 0.645. The lowest BCUT2D eigenvalue weighted by atomic mass is 9.81. The summed E-state index contributed by atoms with van der Waals surface area (Å²) in [6, 6.07) is 17.4. The van der Waals surface area contributed by atoms with Crippen LogP contribution in [0.4, 0.5) is 10.5 Å². The third-order valence-corrected chi connectivity index (χ3v) is 4.49. The van der Waals surface area contributed by atoms with Crippen LogP contribution in [0.15, 0.2) is 54.6 Å². The van der Waals surface area contributed by atoms with E-state index in [1.54, 1.807) is 7.11 Å². The van der Waals surface area contributed by atoms with Crippen LogP contribution in [0.5, 0.6) is 5.75 Å². The molecule has 0 aliphatic carbocycles. The zero-order valence-corrected chi connectivity index (χ0v) is 13.8. The predicted octanol–water partition coefficient (Wildman–Crippen LogP) is 3.10. The Morgan fingerprint density at radius 2 is 1.71 bits per heavy atom. The van der Waals surface area contributed by atoms with E-state index in [1.807, 2.05) is 42.5 Å². The Hall–Kier alpha value is -2.53. The predicted molar refractivity (Wildman–Crippen MR) is 95.4 cm³/mol. The minimum atomic E-state index is -0.349. The van der Waals surface area contributed by atoms with Gasteiger partial charge in [0.2, 0.25) is 0 Å². The smallest absolute Gasteiger partial charge is 0.320 e. The monoisotopic (exact) mass is 325 g/mol. The molecule has 0 atom stereocenters. The summed E-state index contributed by atoms with van der Waals surface area (Å²) >= 11 is 0. The molecule has 3 rings (SSSR count). The summed E-state index contributed by atoms with van der Waals surface area (Å²) in [6.07, 6.45) is 1.71. The van der Waals surface area contributed by atoms with Crippen molar-refractivity contribution in [2.24, 2.45) is 0 Å². The first-order chi connectivity index (χ1) is 11.7. The van der Waals surface area contributed by atoms with E-state index in [0.29, 0.717) is 11.4 Å². The highest BCUT2D eigenvalue weighted by molar-refractivity contribution is 5.91. The molecule has 0 spiro atoms. The molecule has 126 valence electrons. The fraction of sp³-hybridized carbons (Fsp3) is 0.316. The normalized spacial score (nSPS) is 16.2. The van der Waals surface area contributed by atoms with E-state index in [1.165, 1.54) is 0 Å². The summed E-state index contributed by atoms with van der Waals surface area (Å²) in [4.78, 5) is 12.6. The lowest BCUT2D eigenvalue weighted by Gasteiger charge is -2.39. The quantitative estimate of drug-likeness (QED) is 0.809. The molecule has 5 nitrogen and oxygen atoms in total. The Kier molecular flexibility index (Phi) is 5.01. The molecule has 0 radical (unpaired) electrons. The van der Waals surface area contributed by atoms with Gasteiger partial charge in [-0.3, -0.25) is 0 Å². The van der Waals surface area contributed by atoms with Gasteiger partial charge in [-0.05, 0) is 43.6 Å². The lowest BCUT2D eigenvalue weighted by Crippen LogP contribution is -2.53. The highest BCUT2D eigenvalue weighted by Crippen LogP contribution is 2.31. The van der Waals surface area contributed by atoms with Crippen LogP contribution in [-0.4, -0.2) is 26.2 Å². The van der Waals surface area contributed by atoms with Crippen LogP contribution in [0.3, 0.4) is 0 Å². The standard InChI is InChI=1S/C19H23N3O2/c1-24-17-10-6-5-9-16(17)21-18(23)22-19(11-13-20-14-12-19)15-7-3-2-4-8-15/h2-10,20H,11-14H2,1H3,(H2,21,22,23). The van der Waals surface area contributed by atoms with Crippen molar-refractivity contribution >= 4 is 11.7 Å². The maximum Gasteiger partial charge on any atom is 0.320 e. The molecule has 2 amide bonds. The number of urea groups is 1. The van der Waals surface area contributed by atoms with Gasteiger partial charge in [0.1, 0.15) is 5.75 Å². The summed E-state index contributed by atoms with van der Waals surface area (Å²) in [6.45, 7) is 1.76. The number of rotatable bonds is 4. The van der Waals surface area contributed by atoms with E-state index in [2.05, 4.69) is 28.1 Å². The summed E-state index contributed by atoms with van der Waals surface area (Å²) < 4.78 is 5.29. The van der Waals surface area contributed by atoms with E-state index < -0.39 is 0 Å². The highest BCUT2D eigenvalue weighted by atomic mass is 16.5. The molecule has 5 heteroatoms. The van der Waals surface area contributed by atoms with Crippen LogP contribution < -0.4 is 20.7 Å². The molecular weight excluding hydrogens is 302 g/mol. The Balaban J connectivity index is 1.79. The third-order valence-electron chi connectivity index (χ3n) is 4.49. The van der Waals surface area contributed by atoms with Gasteiger partial charge in [-0.25, -0.2) is 4.79 Å². The number of amides is 2. The summed E-state index contributed by atoms with van der Waals surface area (Å²) in [5, 5.41) is 9.47. The first-order valence-corrected chi connectivity index (χ1v) is 8.22. The molecule has 1 fully saturated rings. The number of piperidine rings is 1. The zero-order valence-electron chi connectivity index (χ0n) is 13.8. The molecule has 0 unspecified atom stereocenters. The van der Waals surface area contributed by atoms with E-state index in [0.717, 1.165) is 31.5 Å². The second-order valence-electron chi connectivity index (χ2n) is 5.98. The molecule has 1 saturated heterocycles. The number of ether oxygens (including phenoxy) is 1. The van der Waals surface area contributed by atoms with Gasteiger partial charge in [-0.2, -0.15) is 0 Å². The molecule has 24 heavy (non-hydrogen) atoms. The maximum atomic E-state index is 12.6. The largest absolute Gasteiger partial charge is 0.495 e. The van der Waals surface area contributed by atoms with E-state index >= 15 is 0 Å². The number of hydrogen-bond acceptors (Lipinski definition) is 3. The van der Waals surface area contributed by atoms with Gasteiger partial charge in [-0.1, -0.05) is 42.5 Å². The van der Waals surface area contributed by atoms with Crippen LogP contribution in [-0.2, 0) is 5.54 Å². The molecule has 0 saturated carbocycles. The Labute approximate surface area is 142 Å². The van der Waals surface area contributed by atoms with Crippen LogP contribution in [0.1, 0.15) is 18.4 Å². The van der Waals surface area contributed by atoms with Crippen molar-refractivity contribution in [2.75, 3.05) is 25.5 Å². The van der Waals surface area contributed by atoms with Crippen molar-refractivity contribution in [1.82, 2.24) is 10.6 Å². The van der Waals surface area contributed by atoms with Crippen LogP contribution in [0.2, 0.25) is 0 Å². The van der Waals surface area contributed by atoms with E-state index in [4.69, 9.17) is 4.74 Å². The second kappa shape index (κ2) is 7.36. The van der Waals surface area contributed by atoms with Gasteiger partial charge >= 0.3 is 6.03 Å². The Morgan fingerprint density at radius 1 is 1.04 bits per heavy atom. The minimum Gasteiger partial charge on any atom is -0.495 e. The SMILES string of the molecule is COc1ccccc1NC(=O)NC1(c2ccccc2)CCNCC1. The minimum absolute atomic E-state index is 0.217. The summed E-state index contributed by atoms with van der Waals surface area (Å²) in [7, 11) is 1.59. The number of nitrogens with one attached hydrogen (secondary N) is 3. The van der Waals surface area contributed by atoms with Gasteiger partial charge in [0.15, 0.2) is 0 Å². The van der Waals surface area contributed by atoms with Crippen molar-refractivity contribution in [3.05, 3.63) is 60.2 Å². The van der Waals surface area contributed by atoms with E-state index in [9.17, 15) is 4.79 Å². The number of carbonyl (C=O) groups is 1. The molecule has 0 aromatic heterocycles. The van der Waals surface area contributed by atoms with Crippen molar-refractivity contribution in [2.45, 2.75) is 18.4 Å². The lowest BCUT2D eigenvalue weighted by molar-refractivity contribution is 0.217. The van der Waals surface area contributed by atoms with E-state index in [-0.39, 0.29) is 11.6 Å². The number of methoxy groups -OCH3 is 1. The average molecular weight is 325 g/mol. The average Bonchev–Trinajstić information content (AvgIpc) is 2.63. The van der Waals surface area contributed by atoms with Crippen LogP contribution in [0.25, 0.3) is 0 Å². The van der Waals surface area contributed by atoms with Gasteiger partial charge in [0, 0.05) is 0 Å². The second-order valence-corrected chi connectivity index (χ2v) is 5.98. The molecule has 2 aromatic carbocycles. The topological polar surface area (TPSA) is 62.4 Å². The molecule has 0 bridgehead atoms. The molecule has 1 aliphatic rings. The first-order valence-electron chi connectivity index (χ1n) is 8.22. The van der Waals surface area contributed by atoms with Crippen molar-refractivity contribution < 1.29 is 9.53 Å². The van der Waals surface area contributed by atoms with Crippen molar-refractivity contribution in [3.63, 3.8) is 0 Å². The molecule has 1 aliphatic heterocycles. The van der Waals surface area contributed by atoms with Gasteiger partial charge < -0.3 is 20.7 Å². The van der Waals surface area contributed by atoms with Crippen LogP contribution >= 0.6 is 0 Å². The highest BCUT2D eigenvalue weighted by Gasteiger charge is 2.35. The molecular formula is C19H23N3O2. The number of carbonyl (C=O) groups excluding carboxylic acids is 1. The van der Waals surface area contributed by atoms with Gasteiger partial charge in [-0.15, -0.1) is 0 Å². The van der Waals surface area contributed by atoms with Crippen molar-refractivity contribution in [3.8, 4) is 5.75 Å². The Morgan fingerprint density at radius 3 is 2.42 bits per heavy atom. The molecule has 1 heterocycles. The third kappa shape index (κ3) is 3.51. The fourth-order valence-corrected chi connectivity index (χ4v) is 3.22. The summed E-state index contributed by atoms with van der Waals surface area (Å²) in [5.41, 5.74) is 1.45. The molecule has 2 aromatic rings.